The van der Waals surface area contributed by atoms with Gasteiger partial charge in [0.15, 0.2) is 0 Å². The van der Waals surface area contributed by atoms with Gasteiger partial charge in [0.2, 0.25) is 0 Å². The van der Waals surface area contributed by atoms with Crippen molar-refractivity contribution in [3.05, 3.63) is 66.6 Å². The van der Waals surface area contributed by atoms with Crippen molar-refractivity contribution >= 4 is 5.91 Å². The monoisotopic (exact) mass is 346 g/mol. The van der Waals surface area contributed by atoms with Gasteiger partial charge in [-0.05, 0) is 37.1 Å². The lowest BCUT2D eigenvalue weighted by Crippen LogP contribution is -2.31. The third-order valence-corrected chi connectivity index (χ3v) is 4.79. The molecule has 132 valence electrons. The number of rotatable bonds is 3. The summed E-state index contributed by atoms with van der Waals surface area (Å²) in [5.41, 5.74) is 3.13. The molecule has 1 aliphatic heterocycles. The Balaban J connectivity index is 1.76. The third-order valence-electron chi connectivity index (χ3n) is 4.79. The summed E-state index contributed by atoms with van der Waals surface area (Å²) in [6.07, 6.45) is 9.88. The molecule has 3 heterocycles. The molecule has 5 nitrogen and oxygen atoms in total. The van der Waals surface area contributed by atoms with Crippen molar-refractivity contribution < 1.29 is 4.79 Å². The van der Waals surface area contributed by atoms with Gasteiger partial charge in [-0.25, -0.2) is 4.68 Å². The van der Waals surface area contributed by atoms with Crippen molar-refractivity contribution in [1.29, 1.82) is 0 Å². The van der Waals surface area contributed by atoms with Crippen LogP contribution in [0.15, 0.2) is 61.1 Å². The van der Waals surface area contributed by atoms with E-state index in [-0.39, 0.29) is 5.91 Å². The Hall–Kier alpha value is -2.95. The van der Waals surface area contributed by atoms with Gasteiger partial charge in [-0.3, -0.25) is 9.78 Å². The first-order valence-corrected chi connectivity index (χ1v) is 9.18. The fraction of sp³-hybridized carbons (Fsp3) is 0.286. The number of carbonyl (C=O) groups excluding carboxylic acids is 1. The molecule has 0 atom stereocenters. The lowest BCUT2D eigenvalue weighted by molar-refractivity contribution is 0.0762. The molecule has 26 heavy (non-hydrogen) atoms. The van der Waals surface area contributed by atoms with Crippen LogP contribution in [0.5, 0.6) is 0 Å². The van der Waals surface area contributed by atoms with E-state index < -0.39 is 0 Å². The summed E-state index contributed by atoms with van der Waals surface area (Å²) in [7, 11) is 0. The maximum absolute atomic E-state index is 13.2. The molecule has 0 spiro atoms. The molecule has 1 fully saturated rings. The van der Waals surface area contributed by atoms with E-state index in [1.54, 1.807) is 17.1 Å². The number of hydrogen-bond donors (Lipinski definition) is 0. The topological polar surface area (TPSA) is 51.0 Å². The predicted octanol–water partition coefficient (Wildman–Crippen LogP) is 3.95. The molecule has 1 amide bonds. The highest BCUT2D eigenvalue weighted by Crippen LogP contribution is 2.25. The van der Waals surface area contributed by atoms with Crippen LogP contribution in [0.1, 0.15) is 36.0 Å². The van der Waals surface area contributed by atoms with Crippen LogP contribution in [0.3, 0.4) is 0 Å². The Kier molecular flexibility index (Phi) is 4.78. The first-order valence-electron chi connectivity index (χ1n) is 9.18. The first-order chi connectivity index (χ1) is 12.8. The van der Waals surface area contributed by atoms with Gasteiger partial charge < -0.3 is 4.90 Å². The summed E-state index contributed by atoms with van der Waals surface area (Å²) in [5.74, 6) is 0.0629. The SMILES string of the molecule is O=C(c1cn(-c2ccccc2)nc1-c1cccnc1)N1CCCCCC1. The number of pyridine rings is 1. The molecule has 0 radical (unpaired) electrons. The van der Waals surface area contributed by atoms with Gasteiger partial charge in [0.25, 0.3) is 5.91 Å². The van der Waals surface area contributed by atoms with Crippen molar-refractivity contribution in [1.82, 2.24) is 19.7 Å². The van der Waals surface area contributed by atoms with E-state index in [0.29, 0.717) is 11.3 Å². The standard InChI is InChI=1S/C21H22N4O/c26-21(24-13-6-1-2-7-14-24)19-16-25(18-10-4-3-5-11-18)23-20(19)17-9-8-12-22-15-17/h3-5,8-12,15-16H,1-2,6-7,13-14H2. The summed E-state index contributed by atoms with van der Waals surface area (Å²) < 4.78 is 1.79. The van der Waals surface area contributed by atoms with E-state index in [4.69, 9.17) is 5.10 Å². The van der Waals surface area contributed by atoms with E-state index in [1.807, 2.05) is 53.6 Å². The second-order valence-corrected chi connectivity index (χ2v) is 6.62. The van der Waals surface area contributed by atoms with E-state index in [9.17, 15) is 4.79 Å². The zero-order valence-electron chi connectivity index (χ0n) is 14.7. The molecule has 0 bridgehead atoms. The van der Waals surface area contributed by atoms with Crippen molar-refractivity contribution in [3.8, 4) is 16.9 Å². The van der Waals surface area contributed by atoms with Crippen LogP contribution in [0.2, 0.25) is 0 Å². The molecule has 0 aliphatic carbocycles. The number of amides is 1. The largest absolute Gasteiger partial charge is 0.339 e. The van der Waals surface area contributed by atoms with Gasteiger partial charge in [-0.1, -0.05) is 31.0 Å². The lowest BCUT2D eigenvalue weighted by Gasteiger charge is -2.20. The quantitative estimate of drug-likeness (QED) is 0.721. The molecule has 0 N–H and O–H groups in total. The molecule has 5 heteroatoms. The number of carbonyl (C=O) groups is 1. The maximum atomic E-state index is 13.2. The summed E-state index contributed by atoms with van der Waals surface area (Å²) in [6.45, 7) is 1.64. The predicted molar refractivity (Wildman–Crippen MR) is 101 cm³/mol. The number of likely N-dealkylation sites (tertiary alicyclic amines) is 1. The van der Waals surface area contributed by atoms with Gasteiger partial charge in [0, 0.05) is 37.2 Å². The first kappa shape index (κ1) is 16.5. The molecular formula is C21H22N4O. The Morgan fingerprint density at radius 3 is 2.38 bits per heavy atom. The van der Waals surface area contributed by atoms with Crippen molar-refractivity contribution in [2.75, 3.05) is 13.1 Å². The van der Waals surface area contributed by atoms with Crippen LogP contribution in [0.4, 0.5) is 0 Å². The van der Waals surface area contributed by atoms with E-state index in [1.165, 1.54) is 12.8 Å². The molecule has 3 aromatic rings. The number of hydrogen-bond acceptors (Lipinski definition) is 3. The minimum absolute atomic E-state index is 0.0629. The minimum Gasteiger partial charge on any atom is -0.339 e. The zero-order chi connectivity index (χ0) is 17.8. The van der Waals surface area contributed by atoms with Gasteiger partial charge >= 0.3 is 0 Å². The lowest BCUT2D eigenvalue weighted by atomic mass is 10.1. The minimum atomic E-state index is 0.0629. The average molecular weight is 346 g/mol. The molecule has 1 saturated heterocycles. The summed E-state index contributed by atoms with van der Waals surface area (Å²) in [5, 5.41) is 4.72. The summed E-state index contributed by atoms with van der Waals surface area (Å²) in [4.78, 5) is 19.4. The van der Waals surface area contributed by atoms with Crippen LogP contribution in [0.25, 0.3) is 16.9 Å². The number of para-hydroxylation sites is 1. The van der Waals surface area contributed by atoms with Gasteiger partial charge in [0.05, 0.1) is 11.3 Å². The average Bonchev–Trinajstić information content (AvgIpc) is 2.97. The highest BCUT2D eigenvalue weighted by Gasteiger charge is 2.24. The maximum Gasteiger partial charge on any atom is 0.257 e. The van der Waals surface area contributed by atoms with E-state index in [2.05, 4.69) is 4.98 Å². The smallest absolute Gasteiger partial charge is 0.257 e. The Morgan fingerprint density at radius 1 is 0.923 bits per heavy atom. The van der Waals surface area contributed by atoms with Crippen LogP contribution >= 0.6 is 0 Å². The second kappa shape index (κ2) is 7.52. The van der Waals surface area contributed by atoms with Crippen LogP contribution in [-0.2, 0) is 0 Å². The fourth-order valence-electron chi connectivity index (χ4n) is 3.40. The Labute approximate surface area is 153 Å². The number of aromatic nitrogens is 3. The third kappa shape index (κ3) is 3.38. The van der Waals surface area contributed by atoms with E-state index in [0.717, 1.165) is 37.2 Å². The molecule has 0 unspecified atom stereocenters. The number of nitrogens with zero attached hydrogens (tertiary/aromatic N) is 4. The second-order valence-electron chi connectivity index (χ2n) is 6.62. The molecule has 1 aromatic carbocycles. The van der Waals surface area contributed by atoms with Crippen molar-refractivity contribution in [2.24, 2.45) is 0 Å². The Bertz CT molecular complexity index is 866. The molecule has 2 aromatic heterocycles. The molecule has 4 rings (SSSR count). The van der Waals surface area contributed by atoms with Crippen LogP contribution in [0, 0.1) is 0 Å². The van der Waals surface area contributed by atoms with Crippen molar-refractivity contribution in [2.45, 2.75) is 25.7 Å². The molecular weight excluding hydrogens is 324 g/mol. The molecule has 0 saturated carbocycles. The number of benzene rings is 1. The highest BCUT2D eigenvalue weighted by molar-refractivity contribution is 5.99. The zero-order valence-corrected chi connectivity index (χ0v) is 14.7. The fourth-order valence-corrected chi connectivity index (χ4v) is 3.40. The van der Waals surface area contributed by atoms with Crippen LogP contribution < -0.4 is 0 Å². The molecule has 1 aliphatic rings. The summed E-state index contributed by atoms with van der Waals surface area (Å²) >= 11 is 0. The highest BCUT2D eigenvalue weighted by atomic mass is 16.2. The van der Waals surface area contributed by atoms with Crippen molar-refractivity contribution in [3.63, 3.8) is 0 Å². The van der Waals surface area contributed by atoms with E-state index >= 15 is 0 Å². The van der Waals surface area contributed by atoms with Crippen LogP contribution in [-0.4, -0.2) is 38.7 Å². The Morgan fingerprint density at radius 2 is 1.69 bits per heavy atom. The van der Waals surface area contributed by atoms with Gasteiger partial charge in [-0.2, -0.15) is 5.10 Å². The summed E-state index contributed by atoms with van der Waals surface area (Å²) in [6, 6.07) is 13.7. The van der Waals surface area contributed by atoms with Gasteiger partial charge in [0.1, 0.15) is 5.69 Å². The normalized spacial score (nSPS) is 14.8. The van der Waals surface area contributed by atoms with Gasteiger partial charge in [-0.15, -0.1) is 0 Å².